The molecule has 0 aliphatic heterocycles. The van der Waals surface area contributed by atoms with Crippen LogP contribution in [0.1, 0.15) is 97.8 Å². The number of fused-ring (bicyclic) bond motifs is 2. The van der Waals surface area contributed by atoms with Gasteiger partial charge in [0.25, 0.3) is 0 Å². The average Bonchev–Trinajstić information content (AvgIpc) is 3.62. The fraction of sp³-hybridized carbons (Fsp3) is 0.333. The number of hydrogen-bond acceptors (Lipinski definition) is 0. The second-order valence-corrected chi connectivity index (χ2v) is 18.1. The lowest BCUT2D eigenvalue weighted by Crippen LogP contribution is -2.42. The summed E-state index contributed by atoms with van der Waals surface area (Å²) in [6.45, 7) is 14.6. The van der Waals surface area contributed by atoms with Gasteiger partial charge in [0, 0.05) is 11.1 Å². The van der Waals surface area contributed by atoms with Crippen LogP contribution in [0.2, 0.25) is 13.1 Å². The van der Waals surface area contributed by atoms with Crippen LogP contribution in [0.15, 0.2) is 96.1 Å². The molecular formula is C42H48Si. The van der Waals surface area contributed by atoms with Gasteiger partial charge in [-0.2, -0.15) is 0 Å². The molecule has 43 heavy (non-hydrogen) atoms. The summed E-state index contributed by atoms with van der Waals surface area (Å²) in [4.78, 5) is 0. The maximum atomic E-state index is 2.68. The molecule has 4 aromatic carbocycles. The minimum Gasteiger partial charge on any atom is -0.0679 e. The van der Waals surface area contributed by atoms with E-state index in [0.717, 1.165) is 25.7 Å². The molecule has 0 fully saturated rings. The SMILES string of the molecule is CCCc1ccc(-c2cccc3c2C=C(CC)C3[Si](C)(C)C2C(CC)=Cc3c(-c4ccc(CCC)cc4)cccc32)cc1. The van der Waals surface area contributed by atoms with Crippen LogP contribution in [0.25, 0.3) is 34.4 Å². The van der Waals surface area contributed by atoms with Gasteiger partial charge in [0.15, 0.2) is 0 Å². The fourth-order valence-corrected chi connectivity index (χ4v) is 13.2. The Morgan fingerprint density at radius 2 is 0.907 bits per heavy atom. The van der Waals surface area contributed by atoms with Crippen LogP contribution in [0.3, 0.4) is 0 Å². The average molecular weight is 581 g/mol. The molecule has 0 spiro atoms. The van der Waals surface area contributed by atoms with E-state index >= 15 is 0 Å². The molecule has 4 aromatic rings. The molecule has 0 N–H and O–H groups in total. The largest absolute Gasteiger partial charge is 0.0722 e. The third-order valence-corrected chi connectivity index (χ3v) is 14.6. The van der Waals surface area contributed by atoms with Crippen molar-refractivity contribution in [2.45, 2.75) is 90.4 Å². The minimum absolute atomic E-state index is 0.523. The van der Waals surface area contributed by atoms with Crippen molar-refractivity contribution in [2.24, 2.45) is 0 Å². The predicted octanol–water partition coefficient (Wildman–Crippen LogP) is 12.2. The van der Waals surface area contributed by atoms with Crippen molar-refractivity contribution in [1.82, 2.24) is 0 Å². The van der Waals surface area contributed by atoms with Gasteiger partial charge in [0.1, 0.15) is 0 Å². The molecule has 0 amide bonds. The summed E-state index contributed by atoms with van der Waals surface area (Å²) in [6.07, 6.45) is 12.0. The number of hydrogen-bond donors (Lipinski definition) is 0. The van der Waals surface area contributed by atoms with E-state index in [9.17, 15) is 0 Å². The molecule has 2 aliphatic carbocycles. The zero-order chi connectivity index (χ0) is 30.1. The summed E-state index contributed by atoms with van der Waals surface area (Å²) in [5, 5.41) is 0. The zero-order valence-corrected chi connectivity index (χ0v) is 28.1. The fourth-order valence-electron chi connectivity index (χ4n) is 8.25. The third kappa shape index (κ3) is 5.31. The predicted molar refractivity (Wildman–Crippen MR) is 191 cm³/mol. The van der Waals surface area contributed by atoms with E-state index in [0.29, 0.717) is 11.1 Å². The van der Waals surface area contributed by atoms with Gasteiger partial charge >= 0.3 is 0 Å². The highest BCUT2D eigenvalue weighted by molar-refractivity contribution is 6.81. The van der Waals surface area contributed by atoms with E-state index in [1.165, 1.54) is 57.3 Å². The Hall–Kier alpha value is -3.42. The molecule has 2 aliphatic rings. The summed E-state index contributed by atoms with van der Waals surface area (Å²) in [5.74, 6) is 0. The molecule has 0 saturated heterocycles. The van der Waals surface area contributed by atoms with Crippen molar-refractivity contribution in [2.75, 3.05) is 0 Å². The number of aryl methyl sites for hydroxylation is 2. The Kier molecular flexibility index (Phi) is 8.47. The van der Waals surface area contributed by atoms with E-state index < -0.39 is 8.07 Å². The van der Waals surface area contributed by atoms with Crippen LogP contribution < -0.4 is 0 Å². The normalized spacial score (nSPS) is 17.4. The lowest BCUT2D eigenvalue weighted by Gasteiger charge is -2.40. The van der Waals surface area contributed by atoms with Gasteiger partial charge in [-0.15, -0.1) is 0 Å². The first-order chi connectivity index (χ1) is 20.9. The summed E-state index contributed by atoms with van der Waals surface area (Å²) in [5.41, 5.74) is 18.7. The Morgan fingerprint density at radius 3 is 1.26 bits per heavy atom. The van der Waals surface area contributed by atoms with Crippen LogP contribution in [0, 0.1) is 0 Å². The number of allylic oxidation sites excluding steroid dienone is 2. The molecule has 1 heteroatoms. The molecule has 0 bridgehead atoms. The van der Waals surface area contributed by atoms with Crippen molar-refractivity contribution in [3.05, 3.63) is 129 Å². The van der Waals surface area contributed by atoms with Crippen molar-refractivity contribution in [3.63, 3.8) is 0 Å². The second kappa shape index (κ2) is 12.3. The molecule has 0 aromatic heterocycles. The third-order valence-electron chi connectivity index (χ3n) is 10.2. The number of rotatable bonds is 10. The van der Waals surface area contributed by atoms with E-state index in [4.69, 9.17) is 0 Å². The summed E-state index contributed by atoms with van der Waals surface area (Å²) in [7, 11) is -1.93. The molecule has 2 atom stereocenters. The van der Waals surface area contributed by atoms with Gasteiger partial charge in [-0.25, -0.2) is 0 Å². The van der Waals surface area contributed by atoms with Crippen molar-refractivity contribution >= 4 is 20.2 Å². The van der Waals surface area contributed by atoms with E-state index in [1.807, 2.05) is 0 Å². The van der Waals surface area contributed by atoms with E-state index in [1.54, 1.807) is 22.3 Å². The summed E-state index contributed by atoms with van der Waals surface area (Å²) < 4.78 is 0. The van der Waals surface area contributed by atoms with Gasteiger partial charge in [0.2, 0.25) is 0 Å². The Bertz CT molecular complexity index is 1540. The minimum atomic E-state index is -1.93. The van der Waals surface area contributed by atoms with Crippen molar-refractivity contribution < 1.29 is 0 Å². The van der Waals surface area contributed by atoms with Gasteiger partial charge in [-0.3, -0.25) is 0 Å². The molecule has 0 saturated carbocycles. The molecule has 6 rings (SSSR count). The van der Waals surface area contributed by atoms with Crippen LogP contribution in [-0.4, -0.2) is 8.07 Å². The van der Waals surface area contributed by atoms with Gasteiger partial charge in [-0.1, -0.05) is 162 Å². The van der Waals surface area contributed by atoms with Crippen molar-refractivity contribution in [3.8, 4) is 22.3 Å². The first kappa shape index (κ1) is 29.6. The van der Waals surface area contributed by atoms with Gasteiger partial charge in [0.05, 0.1) is 8.07 Å². The van der Waals surface area contributed by atoms with Crippen LogP contribution in [-0.2, 0) is 12.8 Å². The van der Waals surface area contributed by atoms with Crippen LogP contribution >= 0.6 is 0 Å². The quantitative estimate of drug-likeness (QED) is 0.164. The highest BCUT2D eigenvalue weighted by atomic mass is 28.3. The highest BCUT2D eigenvalue weighted by Crippen LogP contribution is 2.55. The topological polar surface area (TPSA) is 0 Å². The Balaban J connectivity index is 1.41. The maximum absolute atomic E-state index is 2.68. The first-order valence-electron chi connectivity index (χ1n) is 16.8. The first-order valence-corrected chi connectivity index (χ1v) is 19.9. The molecule has 0 heterocycles. The zero-order valence-electron chi connectivity index (χ0n) is 27.1. The van der Waals surface area contributed by atoms with Gasteiger partial charge in [-0.05, 0) is 81.3 Å². The Morgan fingerprint density at radius 1 is 0.512 bits per heavy atom. The summed E-state index contributed by atoms with van der Waals surface area (Å²) >= 11 is 0. The van der Waals surface area contributed by atoms with E-state index in [-0.39, 0.29) is 0 Å². The molecular weight excluding hydrogens is 533 g/mol. The van der Waals surface area contributed by atoms with E-state index in [2.05, 4.69) is 138 Å². The Labute approximate surface area is 261 Å². The maximum Gasteiger partial charge on any atom is 0.0722 e. The number of benzene rings is 4. The smallest absolute Gasteiger partial charge is 0.0679 e. The lowest BCUT2D eigenvalue weighted by molar-refractivity contribution is 0.898. The van der Waals surface area contributed by atoms with Gasteiger partial charge < -0.3 is 0 Å². The molecule has 2 unspecified atom stereocenters. The molecule has 220 valence electrons. The highest BCUT2D eigenvalue weighted by Gasteiger charge is 2.48. The monoisotopic (exact) mass is 580 g/mol. The molecule has 0 radical (unpaired) electrons. The second-order valence-electron chi connectivity index (χ2n) is 13.3. The molecule has 0 nitrogen and oxygen atoms in total. The summed E-state index contributed by atoms with van der Waals surface area (Å²) in [6, 6.07) is 32.9. The van der Waals surface area contributed by atoms with Crippen LogP contribution in [0.4, 0.5) is 0 Å². The standard InChI is InChI=1S/C42H48Si/c1-7-13-29-19-23-33(24-20-29)35-15-11-17-37-39(35)27-31(9-3)41(37)43(5,6)42-32(10-4)28-40-36(16-12-18-38(40)42)34-25-21-30(14-8-2)22-26-34/h11-12,15-28,41-42H,7-10,13-14H2,1-6H3. The van der Waals surface area contributed by atoms with Crippen LogP contribution in [0.5, 0.6) is 0 Å². The van der Waals surface area contributed by atoms with Crippen molar-refractivity contribution in [1.29, 1.82) is 0 Å². The lowest BCUT2D eigenvalue weighted by atomic mass is 9.95.